The number of allylic oxidation sites excluding steroid dienone is 4. The normalized spacial score (nSPS) is 20.4. The van der Waals surface area contributed by atoms with Crippen molar-refractivity contribution in [3.63, 3.8) is 0 Å². The Morgan fingerprint density at radius 1 is 1.11 bits per heavy atom. The second kappa shape index (κ2) is 4.72. The average Bonchev–Trinajstić information content (AvgIpc) is 2.54. The predicted octanol–water partition coefficient (Wildman–Crippen LogP) is 5.35. The minimum absolute atomic E-state index is 0.0690. The number of rotatable bonds is 1. The summed E-state index contributed by atoms with van der Waals surface area (Å²) in [5, 5.41) is 11.0. The van der Waals surface area contributed by atoms with Gasteiger partial charge in [0.2, 0.25) is 0 Å². The second-order valence-electron chi connectivity index (χ2n) is 6.35. The van der Waals surface area contributed by atoms with Crippen molar-refractivity contribution >= 4 is 17.2 Å². The maximum absolute atomic E-state index is 10.1. The number of hydrogen-bond donors (Lipinski definition) is 1. The molecule has 1 aliphatic carbocycles. The number of para-hydroxylation sites is 1. The van der Waals surface area contributed by atoms with Crippen LogP contribution >= 0.6 is 11.6 Å². The van der Waals surface area contributed by atoms with E-state index in [1.807, 2.05) is 25.1 Å². The number of halogens is 1. The SMILES string of the molecule is CC1=C(c2ccccc2O)C(C(C)(C)C)C(C)=C1Cl. The summed E-state index contributed by atoms with van der Waals surface area (Å²) in [6, 6.07) is 7.50. The number of hydrogen-bond acceptors (Lipinski definition) is 1. The van der Waals surface area contributed by atoms with E-state index in [1.54, 1.807) is 6.07 Å². The standard InChI is InChI=1S/C17H21ClO/c1-10-14(12-8-6-7-9-13(12)19)15(17(3,4)5)11(2)16(10)18/h6-9,15,19H,1-5H3. The molecule has 2 heteroatoms. The molecule has 0 heterocycles. The highest BCUT2D eigenvalue weighted by Crippen LogP contribution is 2.52. The number of phenols is 1. The van der Waals surface area contributed by atoms with E-state index in [4.69, 9.17) is 11.6 Å². The van der Waals surface area contributed by atoms with Crippen LogP contribution in [0.3, 0.4) is 0 Å². The fourth-order valence-electron chi connectivity index (χ4n) is 3.12. The van der Waals surface area contributed by atoms with E-state index in [2.05, 4.69) is 27.7 Å². The molecule has 0 radical (unpaired) electrons. The summed E-state index contributed by atoms with van der Waals surface area (Å²) in [6.07, 6.45) is 0. The van der Waals surface area contributed by atoms with Gasteiger partial charge < -0.3 is 5.11 Å². The highest BCUT2D eigenvalue weighted by molar-refractivity contribution is 6.33. The fraction of sp³-hybridized carbons (Fsp3) is 0.412. The van der Waals surface area contributed by atoms with Gasteiger partial charge in [-0.05, 0) is 42.0 Å². The molecule has 0 spiro atoms. The van der Waals surface area contributed by atoms with Crippen molar-refractivity contribution in [1.82, 2.24) is 0 Å². The Labute approximate surface area is 120 Å². The first-order valence-electron chi connectivity index (χ1n) is 6.61. The summed E-state index contributed by atoms with van der Waals surface area (Å²) in [5.41, 5.74) is 4.41. The minimum atomic E-state index is 0.0690. The van der Waals surface area contributed by atoms with Crippen molar-refractivity contribution in [2.75, 3.05) is 0 Å². The van der Waals surface area contributed by atoms with Crippen LogP contribution in [0.5, 0.6) is 5.75 Å². The quantitative estimate of drug-likeness (QED) is 0.733. The van der Waals surface area contributed by atoms with Crippen LogP contribution in [0.15, 0.2) is 40.4 Å². The molecule has 0 saturated heterocycles. The van der Waals surface area contributed by atoms with Gasteiger partial charge >= 0.3 is 0 Å². The highest BCUT2D eigenvalue weighted by Gasteiger charge is 2.38. The number of phenolic OH excluding ortho intramolecular Hbond substituents is 1. The van der Waals surface area contributed by atoms with Crippen LogP contribution in [0.1, 0.15) is 40.2 Å². The molecule has 0 aliphatic heterocycles. The highest BCUT2D eigenvalue weighted by atomic mass is 35.5. The molecule has 1 unspecified atom stereocenters. The zero-order valence-electron chi connectivity index (χ0n) is 12.2. The molecule has 0 bridgehead atoms. The van der Waals surface area contributed by atoms with Crippen molar-refractivity contribution < 1.29 is 5.11 Å². The Morgan fingerprint density at radius 2 is 1.68 bits per heavy atom. The van der Waals surface area contributed by atoms with Crippen LogP contribution < -0.4 is 0 Å². The molecule has 0 amide bonds. The molecule has 102 valence electrons. The van der Waals surface area contributed by atoms with Gasteiger partial charge in [-0.1, -0.05) is 50.6 Å². The first kappa shape index (κ1) is 14.2. The van der Waals surface area contributed by atoms with E-state index in [0.29, 0.717) is 5.75 Å². The lowest BCUT2D eigenvalue weighted by molar-refractivity contribution is 0.341. The summed E-state index contributed by atoms with van der Waals surface area (Å²) in [6.45, 7) is 10.8. The minimum Gasteiger partial charge on any atom is -0.507 e. The van der Waals surface area contributed by atoms with Crippen LogP contribution in [-0.4, -0.2) is 5.11 Å². The van der Waals surface area contributed by atoms with Gasteiger partial charge in [-0.15, -0.1) is 0 Å². The fourth-order valence-corrected chi connectivity index (χ4v) is 3.33. The molecule has 1 aromatic carbocycles. The van der Waals surface area contributed by atoms with E-state index in [0.717, 1.165) is 21.7 Å². The van der Waals surface area contributed by atoms with Gasteiger partial charge in [-0.3, -0.25) is 0 Å². The Bertz CT molecular complexity index is 573. The molecule has 1 atom stereocenters. The van der Waals surface area contributed by atoms with Crippen molar-refractivity contribution in [1.29, 1.82) is 0 Å². The Hall–Kier alpha value is -1.21. The molecular weight excluding hydrogens is 256 g/mol. The molecule has 1 N–H and O–H groups in total. The zero-order chi connectivity index (χ0) is 14.4. The predicted molar refractivity (Wildman–Crippen MR) is 82.2 cm³/mol. The molecule has 19 heavy (non-hydrogen) atoms. The largest absolute Gasteiger partial charge is 0.507 e. The maximum Gasteiger partial charge on any atom is 0.123 e. The van der Waals surface area contributed by atoms with Gasteiger partial charge in [0.15, 0.2) is 0 Å². The van der Waals surface area contributed by atoms with E-state index < -0.39 is 0 Å². The third-order valence-corrected chi connectivity index (χ3v) is 4.44. The Morgan fingerprint density at radius 3 is 2.21 bits per heavy atom. The van der Waals surface area contributed by atoms with Crippen LogP contribution in [0.2, 0.25) is 0 Å². The van der Waals surface area contributed by atoms with Gasteiger partial charge in [0.05, 0.1) is 0 Å². The molecule has 1 nitrogen and oxygen atoms in total. The molecule has 2 rings (SSSR count). The van der Waals surface area contributed by atoms with Crippen molar-refractivity contribution in [3.05, 3.63) is 46.0 Å². The molecule has 1 aromatic rings. The van der Waals surface area contributed by atoms with E-state index in [9.17, 15) is 5.11 Å². The summed E-state index contributed by atoms with van der Waals surface area (Å²) >= 11 is 6.45. The summed E-state index contributed by atoms with van der Waals surface area (Å²) in [5.74, 6) is 0.568. The van der Waals surface area contributed by atoms with E-state index in [-0.39, 0.29) is 11.3 Å². The second-order valence-corrected chi connectivity index (χ2v) is 6.73. The van der Waals surface area contributed by atoms with Crippen LogP contribution in [-0.2, 0) is 0 Å². The third kappa shape index (κ3) is 2.32. The average molecular weight is 277 g/mol. The third-order valence-electron chi connectivity index (χ3n) is 3.86. The van der Waals surface area contributed by atoms with Crippen LogP contribution in [0.4, 0.5) is 0 Å². The van der Waals surface area contributed by atoms with Gasteiger partial charge in [0.25, 0.3) is 0 Å². The van der Waals surface area contributed by atoms with Gasteiger partial charge in [-0.25, -0.2) is 0 Å². The first-order valence-corrected chi connectivity index (χ1v) is 6.98. The molecular formula is C17H21ClO. The van der Waals surface area contributed by atoms with Gasteiger partial charge in [0, 0.05) is 16.5 Å². The van der Waals surface area contributed by atoms with Crippen molar-refractivity contribution in [2.45, 2.75) is 34.6 Å². The van der Waals surface area contributed by atoms with E-state index in [1.165, 1.54) is 5.57 Å². The van der Waals surface area contributed by atoms with E-state index >= 15 is 0 Å². The lowest BCUT2D eigenvalue weighted by Crippen LogP contribution is -2.21. The molecule has 0 saturated carbocycles. The van der Waals surface area contributed by atoms with Crippen molar-refractivity contribution in [3.8, 4) is 5.75 Å². The summed E-state index contributed by atoms with van der Waals surface area (Å²) in [7, 11) is 0. The number of benzene rings is 1. The van der Waals surface area contributed by atoms with Crippen LogP contribution in [0, 0.1) is 11.3 Å². The Kier molecular flexibility index (Phi) is 3.53. The lowest BCUT2D eigenvalue weighted by Gasteiger charge is -2.32. The topological polar surface area (TPSA) is 20.2 Å². The van der Waals surface area contributed by atoms with Gasteiger partial charge in [-0.2, -0.15) is 0 Å². The number of aromatic hydroxyl groups is 1. The van der Waals surface area contributed by atoms with Gasteiger partial charge in [0.1, 0.15) is 5.75 Å². The summed E-state index contributed by atoms with van der Waals surface area (Å²) in [4.78, 5) is 0. The van der Waals surface area contributed by atoms with Crippen molar-refractivity contribution in [2.24, 2.45) is 11.3 Å². The molecule has 0 aromatic heterocycles. The Balaban J connectivity index is 2.65. The maximum atomic E-state index is 10.1. The first-order chi connectivity index (χ1) is 8.75. The molecule has 0 fully saturated rings. The zero-order valence-corrected chi connectivity index (χ0v) is 13.0. The van der Waals surface area contributed by atoms with Crippen LogP contribution in [0.25, 0.3) is 5.57 Å². The molecule has 1 aliphatic rings. The smallest absolute Gasteiger partial charge is 0.123 e. The monoisotopic (exact) mass is 276 g/mol. The lowest BCUT2D eigenvalue weighted by atomic mass is 9.72. The summed E-state index contributed by atoms with van der Waals surface area (Å²) < 4.78 is 0.